The first-order valence-corrected chi connectivity index (χ1v) is 4.44. The van der Waals surface area contributed by atoms with Gasteiger partial charge in [-0.25, -0.2) is 0 Å². The predicted molar refractivity (Wildman–Crippen MR) is 55.8 cm³/mol. The van der Waals surface area contributed by atoms with Crippen molar-refractivity contribution in [2.75, 3.05) is 6.54 Å². The summed E-state index contributed by atoms with van der Waals surface area (Å²) < 4.78 is 0. The molecule has 0 unspecified atom stereocenters. The predicted octanol–water partition coefficient (Wildman–Crippen LogP) is -0.102. The number of likely N-dealkylation sites (N-methyl/N-ethyl adjacent to an activating group) is 1. The normalized spacial score (nSPS) is 12.7. The fraction of sp³-hybridized carbons (Fsp3) is 0.300. The Bertz CT molecular complexity index is 303. The smallest absolute Gasteiger partial charge is 0.250 e. The lowest BCUT2D eigenvalue weighted by molar-refractivity contribution is -0.123. The molecule has 82 valence electrons. The van der Waals surface area contributed by atoms with Gasteiger partial charge in [0.05, 0.1) is 0 Å². The van der Waals surface area contributed by atoms with Crippen LogP contribution in [-0.4, -0.2) is 24.3 Å². The highest BCUT2D eigenvalue weighted by Crippen LogP contribution is 1.83. The van der Waals surface area contributed by atoms with Crippen molar-refractivity contribution >= 4 is 17.7 Å². The van der Waals surface area contributed by atoms with Crippen LogP contribution in [0.2, 0.25) is 0 Å². The minimum absolute atomic E-state index is 0.0625. The van der Waals surface area contributed by atoms with Crippen molar-refractivity contribution in [1.29, 1.82) is 0 Å². The van der Waals surface area contributed by atoms with E-state index < -0.39 is 0 Å². The lowest BCUT2D eigenvalue weighted by Gasteiger charge is -1.97. The van der Waals surface area contributed by atoms with Gasteiger partial charge in [-0.15, -0.1) is 0 Å². The van der Waals surface area contributed by atoms with Crippen LogP contribution in [0.5, 0.6) is 0 Å². The van der Waals surface area contributed by atoms with Crippen LogP contribution in [0.3, 0.4) is 0 Å². The van der Waals surface area contributed by atoms with E-state index in [0.29, 0.717) is 12.1 Å². The van der Waals surface area contributed by atoms with E-state index in [2.05, 4.69) is 11.9 Å². The Balaban J connectivity index is 0.000000262. The topological polar surface area (TPSA) is 75.3 Å². The zero-order valence-electron chi connectivity index (χ0n) is 8.79. The molecule has 0 aromatic rings. The summed E-state index contributed by atoms with van der Waals surface area (Å²) in [7, 11) is 0. The highest BCUT2D eigenvalue weighted by molar-refractivity contribution is 6.12. The molecule has 0 radical (unpaired) electrons. The SMILES string of the molecule is C=C(C)C(=O)NCC.O=C1C=CC(=O)N1. The van der Waals surface area contributed by atoms with Crippen LogP contribution in [-0.2, 0) is 14.4 Å². The lowest BCUT2D eigenvalue weighted by atomic mass is 10.3. The summed E-state index contributed by atoms with van der Waals surface area (Å²) >= 11 is 0. The van der Waals surface area contributed by atoms with E-state index in [-0.39, 0.29) is 17.7 Å². The molecule has 0 spiro atoms. The Hall–Kier alpha value is -1.91. The molecule has 0 saturated heterocycles. The number of imide groups is 1. The Kier molecular flexibility index (Phi) is 5.70. The molecule has 0 atom stereocenters. The zero-order chi connectivity index (χ0) is 11.8. The number of carbonyl (C=O) groups is 3. The van der Waals surface area contributed by atoms with Gasteiger partial charge in [0.1, 0.15) is 0 Å². The Morgan fingerprint density at radius 3 is 2.00 bits per heavy atom. The number of nitrogens with one attached hydrogen (secondary N) is 2. The third kappa shape index (κ3) is 6.20. The standard InChI is InChI=1S/C6H11NO.C4H3NO2/c1-4-7-6(8)5(2)3;6-3-1-2-4(7)5-3/h2,4H2,1,3H3,(H,7,8);1-2H,(H,5,6,7). The van der Waals surface area contributed by atoms with Crippen molar-refractivity contribution in [3.8, 4) is 0 Å². The fourth-order valence-corrected chi connectivity index (χ4v) is 0.668. The van der Waals surface area contributed by atoms with Crippen molar-refractivity contribution in [3.63, 3.8) is 0 Å². The maximum absolute atomic E-state index is 10.5. The molecule has 0 saturated carbocycles. The monoisotopic (exact) mass is 210 g/mol. The molecule has 0 aliphatic carbocycles. The molecule has 1 heterocycles. The number of hydrogen-bond donors (Lipinski definition) is 2. The van der Waals surface area contributed by atoms with Crippen LogP contribution in [0.4, 0.5) is 0 Å². The first-order valence-electron chi connectivity index (χ1n) is 4.44. The second-order valence-electron chi connectivity index (χ2n) is 2.83. The van der Waals surface area contributed by atoms with Gasteiger partial charge >= 0.3 is 0 Å². The molecule has 5 nitrogen and oxygen atoms in total. The summed E-state index contributed by atoms with van der Waals surface area (Å²) in [6.07, 6.45) is 2.39. The lowest BCUT2D eigenvalue weighted by Crippen LogP contribution is -2.22. The first kappa shape index (κ1) is 13.1. The zero-order valence-corrected chi connectivity index (χ0v) is 8.79. The maximum atomic E-state index is 10.5. The van der Waals surface area contributed by atoms with Crippen LogP contribution in [0.15, 0.2) is 24.3 Å². The molecule has 1 aliphatic heterocycles. The van der Waals surface area contributed by atoms with Gasteiger partial charge in [-0.3, -0.25) is 19.7 Å². The Morgan fingerprint density at radius 2 is 1.87 bits per heavy atom. The van der Waals surface area contributed by atoms with Crippen molar-refractivity contribution < 1.29 is 14.4 Å². The molecule has 0 aromatic carbocycles. The van der Waals surface area contributed by atoms with E-state index in [1.807, 2.05) is 12.2 Å². The van der Waals surface area contributed by atoms with Crippen LogP contribution in [0.1, 0.15) is 13.8 Å². The molecule has 1 rings (SSSR count). The van der Waals surface area contributed by atoms with Crippen LogP contribution >= 0.6 is 0 Å². The van der Waals surface area contributed by atoms with Crippen LogP contribution in [0, 0.1) is 0 Å². The van der Waals surface area contributed by atoms with E-state index in [1.165, 1.54) is 12.2 Å². The number of hydrogen-bond acceptors (Lipinski definition) is 3. The Labute approximate surface area is 88.2 Å². The quantitative estimate of drug-likeness (QED) is 0.493. The molecular formula is C10H14N2O3. The number of amides is 3. The van der Waals surface area contributed by atoms with E-state index in [4.69, 9.17) is 0 Å². The summed E-state index contributed by atoms with van der Waals surface area (Å²) in [6.45, 7) is 7.70. The van der Waals surface area contributed by atoms with Gasteiger partial charge in [-0.1, -0.05) is 6.58 Å². The molecule has 3 amide bonds. The van der Waals surface area contributed by atoms with Crippen molar-refractivity contribution in [3.05, 3.63) is 24.3 Å². The van der Waals surface area contributed by atoms with Gasteiger partial charge in [0.2, 0.25) is 5.91 Å². The van der Waals surface area contributed by atoms with Gasteiger partial charge < -0.3 is 5.32 Å². The van der Waals surface area contributed by atoms with Gasteiger partial charge in [0.15, 0.2) is 0 Å². The third-order valence-electron chi connectivity index (χ3n) is 1.36. The van der Waals surface area contributed by atoms with E-state index in [1.54, 1.807) is 6.92 Å². The average Bonchev–Trinajstić information content (AvgIpc) is 2.51. The molecule has 0 fully saturated rings. The molecule has 5 heteroatoms. The number of carbonyl (C=O) groups excluding carboxylic acids is 3. The second kappa shape index (κ2) is 6.53. The molecule has 0 aromatic heterocycles. The van der Waals surface area contributed by atoms with Crippen LogP contribution < -0.4 is 10.6 Å². The maximum Gasteiger partial charge on any atom is 0.250 e. The van der Waals surface area contributed by atoms with Gasteiger partial charge in [-0.2, -0.15) is 0 Å². The van der Waals surface area contributed by atoms with E-state index in [9.17, 15) is 14.4 Å². The van der Waals surface area contributed by atoms with Crippen molar-refractivity contribution in [1.82, 2.24) is 10.6 Å². The van der Waals surface area contributed by atoms with Crippen molar-refractivity contribution in [2.45, 2.75) is 13.8 Å². The third-order valence-corrected chi connectivity index (χ3v) is 1.36. The number of rotatable bonds is 2. The minimum Gasteiger partial charge on any atom is -0.353 e. The first-order chi connectivity index (χ1) is 6.97. The molecule has 0 bridgehead atoms. The summed E-state index contributed by atoms with van der Waals surface area (Å²) in [5, 5.41) is 4.63. The molecule has 2 N–H and O–H groups in total. The van der Waals surface area contributed by atoms with E-state index in [0.717, 1.165) is 0 Å². The van der Waals surface area contributed by atoms with E-state index >= 15 is 0 Å². The Morgan fingerprint density at radius 1 is 1.40 bits per heavy atom. The van der Waals surface area contributed by atoms with Crippen LogP contribution in [0.25, 0.3) is 0 Å². The summed E-state index contributed by atoms with van der Waals surface area (Å²) in [4.78, 5) is 30.6. The minimum atomic E-state index is -0.329. The second-order valence-corrected chi connectivity index (χ2v) is 2.83. The molecular weight excluding hydrogens is 196 g/mol. The van der Waals surface area contributed by atoms with Gasteiger partial charge in [0, 0.05) is 24.3 Å². The van der Waals surface area contributed by atoms with Crippen molar-refractivity contribution in [2.24, 2.45) is 0 Å². The summed E-state index contributed by atoms with van der Waals surface area (Å²) in [5.41, 5.74) is 0.562. The summed E-state index contributed by atoms with van der Waals surface area (Å²) in [5.74, 6) is -0.720. The average molecular weight is 210 g/mol. The van der Waals surface area contributed by atoms with Gasteiger partial charge in [-0.05, 0) is 13.8 Å². The largest absolute Gasteiger partial charge is 0.353 e. The fourth-order valence-electron chi connectivity index (χ4n) is 0.668. The highest BCUT2D eigenvalue weighted by atomic mass is 16.2. The van der Waals surface area contributed by atoms with Gasteiger partial charge in [0.25, 0.3) is 11.8 Å². The molecule has 1 aliphatic rings. The highest BCUT2D eigenvalue weighted by Gasteiger charge is 2.06. The summed E-state index contributed by atoms with van der Waals surface area (Å²) in [6, 6.07) is 0. The molecule has 15 heavy (non-hydrogen) atoms.